The molecule has 0 aromatic heterocycles. The Morgan fingerprint density at radius 1 is 1.44 bits per heavy atom. The third-order valence-corrected chi connectivity index (χ3v) is 3.69. The van der Waals surface area contributed by atoms with Crippen molar-refractivity contribution in [2.45, 2.75) is 26.3 Å². The minimum Gasteiger partial charge on any atom is -0.310 e. The Bertz CT molecular complexity index is 304. The second-order valence-electron chi connectivity index (χ2n) is 3.78. The molecule has 3 heteroatoms. The molecule has 0 fully saturated rings. The highest BCUT2D eigenvalue weighted by Crippen LogP contribution is 2.17. The maximum Gasteiger partial charge on any atom is 0.0409 e. The third kappa shape index (κ3) is 5.24. The van der Waals surface area contributed by atoms with Gasteiger partial charge in [0.15, 0.2) is 0 Å². The van der Waals surface area contributed by atoms with Crippen LogP contribution in [0.4, 0.5) is 0 Å². The summed E-state index contributed by atoms with van der Waals surface area (Å²) in [5.41, 5.74) is 1.26. The quantitative estimate of drug-likeness (QED) is 0.737. The third-order valence-electron chi connectivity index (χ3n) is 2.47. The SMILES string of the molecule is CCSCCCNC(C)c1cccc(Cl)c1. The molecule has 0 saturated carbocycles. The van der Waals surface area contributed by atoms with Crippen LogP contribution in [0.1, 0.15) is 31.9 Å². The van der Waals surface area contributed by atoms with E-state index in [4.69, 9.17) is 11.6 Å². The predicted molar refractivity (Wildman–Crippen MR) is 75.5 cm³/mol. The lowest BCUT2D eigenvalue weighted by Crippen LogP contribution is -2.20. The highest BCUT2D eigenvalue weighted by atomic mass is 35.5. The van der Waals surface area contributed by atoms with Gasteiger partial charge in [0.1, 0.15) is 0 Å². The van der Waals surface area contributed by atoms with Crippen LogP contribution in [0.5, 0.6) is 0 Å². The number of hydrogen-bond donors (Lipinski definition) is 1. The van der Waals surface area contributed by atoms with Crippen LogP contribution in [-0.2, 0) is 0 Å². The Morgan fingerprint density at radius 2 is 2.25 bits per heavy atom. The zero-order chi connectivity index (χ0) is 11.8. The highest BCUT2D eigenvalue weighted by Gasteiger charge is 2.03. The van der Waals surface area contributed by atoms with Crippen molar-refractivity contribution in [1.29, 1.82) is 0 Å². The number of rotatable bonds is 7. The van der Waals surface area contributed by atoms with Gasteiger partial charge in [-0.2, -0.15) is 11.8 Å². The molecule has 0 spiro atoms. The molecule has 0 aliphatic carbocycles. The molecule has 0 aliphatic heterocycles. The van der Waals surface area contributed by atoms with E-state index in [2.05, 4.69) is 25.2 Å². The van der Waals surface area contributed by atoms with Crippen molar-refractivity contribution in [2.75, 3.05) is 18.1 Å². The Balaban J connectivity index is 2.27. The molecule has 1 aromatic carbocycles. The Morgan fingerprint density at radius 3 is 2.94 bits per heavy atom. The summed E-state index contributed by atoms with van der Waals surface area (Å²) in [6.07, 6.45) is 1.23. The molecule has 0 heterocycles. The number of halogens is 1. The van der Waals surface area contributed by atoms with Crippen molar-refractivity contribution < 1.29 is 0 Å². The first kappa shape index (κ1) is 13.9. The van der Waals surface area contributed by atoms with Gasteiger partial charge < -0.3 is 5.32 Å². The Hall–Kier alpha value is -0.180. The van der Waals surface area contributed by atoms with E-state index >= 15 is 0 Å². The van der Waals surface area contributed by atoms with Crippen LogP contribution in [0.2, 0.25) is 5.02 Å². The topological polar surface area (TPSA) is 12.0 Å². The fourth-order valence-electron chi connectivity index (χ4n) is 1.53. The normalized spacial score (nSPS) is 12.7. The summed E-state index contributed by atoms with van der Waals surface area (Å²) in [6, 6.07) is 8.44. The van der Waals surface area contributed by atoms with Gasteiger partial charge in [-0.3, -0.25) is 0 Å². The maximum atomic E-state index is 5.96. The lowest BCUT2D eigenvalue weighted by atomic mass is 10.1. The first-order valence-corrected chi connectivity index (χ1v) is 7.34. The molecule has 0 amide bonds. The lowest BCUT2D eigenvalue weighted by molar-refractivity contribution is 0.572. The van der Waals surface area contributed by atoms with E-state index in [1.165, 1.54) is 23.5 Å². The second kappa shape index (κ2) is 7.99. The van der Waals surface area contributed by atoms with E-state index in [1.54, 1.807) is 0 Å². The molecule has 0 radical (unpaired) electrons. The molecular weight excluding hydrogens is 238 g/mol. The average molecular weight is 258 g/mol. The lowest BCUT2D eigenvalue weighted by Gasteiger charge is -2.14. The van der Waals surface area contributed by atoms with E-state index in [0.717, 1.165) is 11.6 Å². The van der Waals surface area contributed by atoms with Gasteiger partial charge in [0, 0.05) is 11.1 Å². The molecule has 0 saturated heterocycles. The number of nitrogens with one attached hydrogen (secondary N) is 1. The van der Waals surface area contributed by atoms with Crippen LogP contribution < -0.4 is 5.32 Å². The summed E-state index contributed by atoms with van der Waals surface area (Å²) < 4.78 is 0. The Kier molecular flexibility index (Phi) is 6.93. The van der Waals surface area contributed by atoms with E-state index in [9.17, 15) is 0 Å². The fourth-order valence-corrected chi connectivity index (χ4v) is 2.37. The largest absolute Gasteiger partial charge is 0.310 e. The zero-order valence-electron chi connectivity index (χ0n) is 10.0. The molecule has 0 aliphatic rings. The number of benzene rings is 1. The minimum absolute atomic E-state index is 0.380. The summed E-state index contributed by atoms with van der Waals surface area (Å²) in [5.74, 6) is 2.45. The highest BCUT2D eigenvalue weighted by molar-refractivity contribution is 7.99. The van der Waals surface area contributed by atoms with Crippen molar-refractivity contribution in [2.24, 2.45) is 0 Å². The maximum absolute atomic E-state index is 5.96. The molecule has 1 nitrogen and oxygen atoms in total. The minimum atomic E-state index is 0.380. The van der Waals surface area contributed by atoms with Crippen LogP contribution in [0.25, 0.3) is 0 Å². The van der Waals surface area contributed by atoms with Gasteiger partial charge in [0.05, 0.1) is 0 Å². The van der Waals surface area contributed by atoms with Crippen LogP contribution >= 0.6 is 23.4 Å². The van der Waals surface area contributed by atoms with Crippen LogP contribution in [0.15, 0.2) is 24.3 Å². The van der Waals surface area contributed by atoms with E-state index < -0.39 is 0 Å². The molecule has 1 rings (SSSR count). The number of hydrogen-bond acceptors (Lipinski definition) is 2. The van der Waals surface area contributed by atoms with E-state index in [-0.39, 0.29) is 0 Å². The number of thioether (sulfide) groups is 1. The van der Waals surface area contributed by atoms with Crippen LogP contribution in [-0.4, -0.2) is 18.1 Å². The molecule has 1 N–H and O–H groups in total. The van der Waals surface area contributed by atoms with Gasteiger partial charge in [-0.1, -0.05) is 30.7 Å². The predicted octanol–water partition coefficient (Wildman–Crippen LogP) is 4.13. The van der Waals surface area contributed by atoms with E-state index in [0.29, 0.717) is 6.04 Å². The van der Waals surface area contributed by atoms with Crippen LogP contribution in [0, 0.1) is 0 Å². The molecule has 90 valence electrons. The van der Waals surface area contributed by atoms with Gasteiger partial charge in [-0.15, -0.1) is 0 Å². The molecule has 1 aromatic rings. The smallest absolute Gasteiger partial charge is 0.0409 e. The standard InChI is InChI=1S/C13H20ClNS/c1-3-16-9-5-8-15-11(2)12-6-4-7-13(14)10-12/h4,6-7,10-11,15H,3,5,8-9H2,1-2H3. The van der Waals surface area contributed by atoms with Crippen molar-refractivity contribution in [1.82, 2.24) is 5.32 Å². The second-order valence-corrected chi connectivity index (χ2v) is 5.61. The van der Waals surface area contributed by atoms with Crippen LogP contribution in [0.3, 0.4) is 0 Å². The summed E-state index contributed by atoms with van der Waals surface area (Å²) >= 11 is 7.96. The van der Waals surface area contributed by atoms with Gasteiger partial charge in [0.25, 0.3) is 0 Å². The molecule has 1 unspecified atom stereocenters. The summed E-state index contributed by atoms with van der Waals surface area (Å²) in [6.45, 7) is 5.45. The summed E-state index contributed by atoms with van der Waals surface area (Å²) in [5, 5.41) is 4.33. The molecule has 16 heavy (non-hydrogen) atoms. The molecular formula is C13H20ClNS. The van der Waals surface area contributed by atoms with Crippen molar-refractivity contribution in [3.63, 3.8) is 0 Å². The van der Waals surface area contributed by atoms with Crippen molar-refractivity contribution in [3.05, 3.63) is 34.9 Å². The summed E-state index contributed by atoms with van der Waals surface area (Å²) in [4.78, 5) is 0. The monoisotopic (exact) mass is 257 g/mol. The van der Waals surface area contributed by atoms with Crippen molar-refractivity contribution in [3.8, 4) is 0 Å². The molecule has 0 bridgehead atoms. The van der Waals surface area contributed by atoms with Crippen molar-refractivity contribution >= 4 is 23.4 Å². The van der Waals surface area contributed by atoms with Gasteiger partial charge in [-0.25, -0.2) is 0 Å². The Labute approximate surface area is 108 Å². The summed E-state index contributed by atoms with van der Waals surface area (Å²) in [7, 11) is 0. The van der Waals surface area contributed by atoms with Gasteiger partial charge in [0.2, 0.25) is 0 Å². The average Bonchev–Trinajstić information content (AvgIpc) is 2.28. The zero-order valence-corrected chi connectivity index (χ0v) is 11.6. The van der Waals surface area contributed by atoms with Gasteiger partial charge >= 0.3 is 0 Å². The molecule has 1 atom stereocenters. The van der Waals surface area contributed by atoms with Gasteiger partial charge in [-0.05, 0) is 49.1 Å². The first-order chi connectivity index (χ1) is 7.74. The van der Waals surface area contributed by atoms with E-state index in [1.807, 2.05) is 30.0 Å². The fraction of sp³-hybridized carbons (Fsp3) is 0.538. The first-order valence-electron chi connectivity index (χ1n) is 5.80.